The van der Waals surface area contributed by atoms with Crippen LogP contribution in [0.15, 0.2) is 24.3 Å². The van der Waals surface area contributed by atoms with Crippen molar-refractivity contribution in [2.45, 2.75) is 19.0 Å². The molecule has 0 amide bonds. The van der Waals surface area contributed by atoms with Crippen LogP contribution in [0.2, 0.25) is 5.02 Å². The zero-order valence-electron chi connectivity index (χ0n) is 8.55. The zero-order valence-corrected chi connectivity index (χ0v) is 9.30. The third-order valence-electron chi connectivity index (χ3n) is 2.93. The molecular formula is C12H15ClFN. The molecule has 0 radical (unpaired) electrons. The summed E-state index contributed by atoms with van der Waals surface area (Å²) in [5.41, 5.74) is 0.988. The van der Waals surface area contributed by atoms with Gasteiger partial charge >= 0.3 is 0 Å². The van der Waals surface area contributed by atoms with Gasteiger partial charge in [-0.3, -0.25) is 0 Å². The van der Waals surface area contributed by atoms with Crippen LogP contribution in [0.5, 0.6) is 0 Å². The van der Waals surface area contributed by atoms with Crippen molar-refractivity contribution in [3.05, 3.63) is 34.9 Å². The highest BCUT2D eigenvalue weighted by Gasteiger charge is 2.24. The van der Waals surface area contributed by atoms with Crippen molar-refractivity contribution >= 4 is 11.6 Å². The Balaban J connectivity index is 1.95. The molecule has 1 aliphatic rings. The fraction of sp³-hybridized carbons (Fsp3) is 0.500. The van der Waals surface area contributed by atoms with Gasteiger partial charge in [0.25, 0.3) is 0 Å². The minimum atomic E-state index is -0.751. The molecule has 1 nitrogen and oxygen atoms in total. The van der Waals surface area contributed by atoms with Gasteiger partial charge in [0.1, 0.15) is 6.17 Å². The van der Waals surface area contributed by atoms with E-state index in [2.05, 4.69) is 5.32 Å². The van der Waals surface area contributed by atoms with Crippen molar-refractivity contribution in [1.29, 1.82) is 0 Å². The molecule has 2 rings (SSSR count). The van der Waals surface area contributed by atoms with E-state index in [0.29, 0.717) is 11.4 Å². The van der Waals surface area contributed by atoms with Gasteiger partial charge in [-0.15, -0.1) is 0 Å². The lowest BCUT2D eigenvalue weighted by Crippen LogP contribution is -2.21. The molecule has 0 aromatic heterocycles. The van der Waals surface area contributed by atoms with E-state index in [4.69, 9.17) is 11.6 Å². The van der Waals surface area contributed by atoms with Gasteiger partial charge in [-0.05, 0) is 30.7 Å². The van der Waals surface area contributed by atoms with E-state index in [9.17, 15) is 4.39 Å². The number of hydrogen-bond acceptors (Lipinski definition) is 1. The standard InChI is InChI=1S/C12H15ClFN/c13-11-3-1-2-9(6-11)7-12(14)10-4-5-15-8-10/h1-3,6,10,12,15H,4-5,7-8H2. The van der Waals surface area contributed by atoms with Gasteiger partial charge in [-0.2, -0.15) is 0 Å². The predicted molar refractivity (Wildman–Crippen MR) is 61.0 cm³/mol. The largest absolute Gasteiger partial charge is 0.316 e. The van der Waals surface area contributed by atoms with Crippen molar-refractivity contribution in [3.8, 4) is 0 Å². The molecule has 82 valence electrons. The Kier molecular flexibility index (Phi) is 3.60. The summed E-state index contributed by atoms with van der Waals surface area (Å²) in [6, 6.07) is 7.46. The fourth-order valence-electron chi connectivity index (χ4n) is 2.04. The zero-order chi connectivity index (χ0) is 10.7. The van der Waals surface area contributed by atoms with Crippen LogP contribution in [-0.4, -0.2) is 19.3 Å². The quantitative estimate of drug-likeness (QED) is 0.838. The van der Waals surface area contributed by atoms with Crippen molar-refractivity contribution < 1.29 is 4.39 Å². The van der Waals surface area contributed by atoms with Crippen molar-refractivity contribution in [2.24, 2.45) is 5.92 Å². The fourth-order valence-corrected chi connectivity index (χ4v) is 2.25. The highest BCUT2D eigenvalue weighted by molar-refractivity contribution is 6.30. The molecule has 1 aromatic rings. The van der Waals surface area contributed by atoms with Crippen LogP contribution < -0.4 is 5.32 Å². The van der Waals surface area contributed by atoms with E-state index < -0.39 is 6.17 Å². The van der Waals surface area contributed by atoms with E-state index in [-0.39, 0.29) is 5.92 Å². The molecule has 1 aliphatic heterocycles. The number of halogens is 2. The van der Waals surface area contributed by atoms with Crippen molar-refractivity contribution in [3.63, 3.8) is 0 Å². The monoisotopic (exact) mass is 227 g/mol. The number of hydrogen-bond donors (Lipinski definition) is 1. The minimum Gasteiger partial charge on any atom is -0.316 e. The summed E-state index contributed by atoms with van der Waals surface area (Å²) in [4.78, 5) is 0. The maximum Gasteiger partial charge on any atom is 0.108 e. The number of benzene rings is 1. The lowest BCUT2D eigenvalue weighted by Gasteiger charge is -2.14. The molecule has 2 unspecified atom stereocenters. The molecule has 0 aliphatic carbocycles. The second-order valence-electron chi connectivity index (χ2n) is 4.10. The molecule has 3 heteroatoms. The third kappa shape index (κ3) is 2.93. The van der Waals surface area contributed by atoms with E-state index in [1.54, 1.807) is 0 Å². The van der Waals surface area contributed by atoms with Crippen LogP contribution in [0.3, 0.4) is 0 Å². The Morgan fingerprint density at radius 2 is 2.40 bits per heavy atom. The van der Waals surface area contributed by atoms with Gasteiger partial charge in [0.2, 0.25) is 0 Å². The third-order valence-corrected chi connectivity index (χ3v) is 3.16. The summed E-state index contributed by atoms with van der Waals surface area (Å²) >= 11 is 5.85. The highest BCUT2D eigenvalue weighted by atomic mass is 35.5. The average molecular weight is 228 g/mol. The minimum absolute atomic E-state index is 0.170. The van der Waals surface area contributed by atoms with Crippen molar-refractivity contribution in [2.75, 3.05) is 13.1 Å². The van der Waals surface area contributed by atoms with E-state index in [0.717, 1.165) is 25.1 Å². The lowest BCUT2D eigenvalue weighted by molar-refractivity contribution is 0.240. The first kappa shape index (κ1) is 10.9. The molecule has 2 atom stereocenters. The van der Waals surface area contributed by atoms with E-state index >= 15 is 0 Å². The highest BCUT2D eigenvalue weighted by Crippen LogP contribution is 2.21. The molecule has 1 heterocycles. The van der Waals surface area contributed by atoms with Gasteiger partial charge in [-0.25, -0.2) is 4.39 Å². The summed E-state index contributed by atoms with van der Waals surface area (Å²) in [7, 11) is 0. The number of nitrogens with one attached hydrogen (secondary N) is 1. The molecule has 1 aromatic carbocycles. The van der Waals surface area contributed by atoms with Crippen LogP contribution in [0, 0.1) is 5.92 Å². The summed E-state index contributed by atoms with van der Waals surface area (Å²) in [6.07, 6.45) is 0.674. The summed E-state index contributed by atoms with van der Waals surface area (Å²) < 4.78 is 13.8. The molecule has 1 fully saturated rings. The van der Waals surface area contributed by atoms with Crippen LogP contribution in [0.4, 0.5) is 4.39 Å². The van der Waals surface area contributed by atoms with Gasteiger partial charge in [0.15, 0.2) is 0 Å². The SMILES string of the molecule is FC(Cc1cccc(Cl)c1)C1CCNC1. The van der Waals surface area contributed by atoms with Crippen LogP contribution >= 0.6 is 11.6 Å². The maximum atomic E-state index is 13.8. The molecule has 0 spiro atoms. The van der Waals surface area contributed by atoms with Crippen LogP contribution in [0.1, 0.15) is 12.0 Å². The van der Waals surface area contributed by atoms with Crippen LogP contribution in [0.25, 0.3) is 0 Å². The Labute approximate surface area is 94.6 Å². The maximum absolute atomic E-state index is 13.8. The van der Waals surface area contributed by atoms with Gasteiger partial charge in [0, 0.05) is 23.9 Å². The van der Waals surface area contributed by atoms with Gasteiger partial charge in [0.05, 0.1) is 0 Å². The molecule has 1 N–H and O–H groups in total. The van der Waals surface area contributed by atoms with Gasteiger partial charge < -0.3 is 5.32 Å². The summed E-state index contributed by atoms with van der Waals surface area (Å²) in [5.74, 6) is 0.170. The first-order valence-corrected chi connectivity index (χ1v) is 5.73. The Morgan fingerprint density at radius 3 is 3.07 bits per heavy atom. The molecule has 15 heavy (non-hydrogen) atoms. The summed E-state index contributed by atoms with van der Waals surface area (Å²) in [6.45, 7) is 1.75. The van der Waals surface area contributed by atoms with E-state index in [1.807, 2.05) is 24.3 Å². The topological polar surface area (TPSA) is 12.0 Å². The average Bonchev–Trinajstić information content (AvgIpc) is 2.70. The summed E-state index contributed by atoms with van der Waals surface area (Å²) in [5, 5.41) is 3.87. The predicted octanol–water partition coefficient (Wildman–Crippen LogP) is 2.83. The Bertz CT molecular complexity index is 323. The second-order valence-corrected chi connectivity index (χ2v) is 4.54. The lowest BCUT2D eigenvalue weighted by atomic mass is 9.97. The van der Waals surface area contributed by atoms with E-state index in [1.165, 1.54) is 0 Å². The Hall–Kier alpha value is -0.600. The van der Waals surface area contributed by atoms with Gasteiger partial charge in [-0.1, -0.05) is 23.7 Å². The second kappa shape index (κ2) is 4.95. The first-order valence-electron chi connectivity index (χ1n) is 5.35. The molecule has 0 saturated carbocycles. The smallest absolute Gasteiger partial charge is 0.108 e. The Morgan fingerprint density at radius 1 is 1.53 bits per heavy atom. The van der Waals surface area contributed by atoms with Crippen molar-refractivity contribution in [1.82, 2.24) is 5.32 Å². The number of rotatable bonds is 3. The molecular weight excluding hydrogens is 213 g/mol. The molecule has 0 bridgehead atoms. The first-order chi connectivity index (χ1) is 7.25. The van der Waals surface area contributed by atoms with Crippen LogP contribution in [-0.2, 0) is 6.42 Å². The molecule has 1 saturated heterocycles. The normalized spacial score (nSPS) is 22.9. The number of alkyl halides is 1.